The highest BCUT2D eigenvalue weighted by Gasteiger charge is 2.16. The molecular formula is C10H15N3O2. The Morgan fingerprint density at radius 1 is 1.80 bits per heavy atom. The van der Waals surface area contributed by atoms with Crippen LogP contribution in [-0.4, -0.2) is 35.8 Å². The van der Waals surface area contributed by atoms with E-state index in [1.165, 1.54) is 18.0 Å². The lowest BCUT2D eigenvalue weighted by molar-refractivity contribution is 0.0980. The molecule has 1 aromatic heterocycles. The van der Waals surface area contributed by atoms with Crippen LogP contribution in [0.4, 0.5) is 0 Å². The van der Waals surface area contributed by atoms with Crippen LogP contribution in [0.15, 0.2) is 18.9 Å². The molecule has 5 nitrogen and oxygen atoms in total. The van der Waals surface area contributed by atoms with Gasteiger partial charge in [0, 0.05) is 13.6 Å². The molecule has 0 fully saturated rings. The minimum Gasteiger partial charge on any atom is -0.493 e. The molecule has 0 spiro atoms. The van der Waals surface area contributed by atoms with Crippen molar-refractivity contribution in [2.45, 2.75) is 0 Å². The largest absolute Gasteiger partial charge is 0.493 e. The van der Waals surface area contributed by atoms with E-state index in [4.69, 9.17) is 4.74 Å². The molecule has 0 aliphatic carbocycles. The summed E-state index contributed by atoms with van der Waals surface area (Å²) < 4.78 is 6.55. The van der Waals surface area contributed by atoms with Crippen LogP contribution in [0.3, 0.4) is 0 Å². The van der Waals surface area contributed by atoms with E-state index in [-0.39, 0.29) is 12.3 Å². The molecule has 0 unspecified atom stereocenters. The molecule has 5 heteroatoms. The Hall–Kier alpha value is -1.62. The second-order valence-corrected chi connectivity index (χ2v) is 3.03. The average molecular weight is 209 g/mol. The summed E-state index contributed by atoms with van der Waals surface area (Å²) in [5.41, 5.74) is 0.481. The lowest BCUT2D eigenvalue weighted by Gasteiger charge is -2.04. The highest BCUT2D eigenvalue weighted by atomic mass is 16.5. The first-order chi connectivity index (χ1) is 7.20. The summed E-state index contributed by atoms with van der Waals surface area (Å²) >= 11 is 0. The van der Waals surface area contributed by atoms with E-state index >= 15 is 0 Å². The molecule has 0 aliphatic heterocycles. The van der Waals surface area contributed by atoms with Crippen molar-refractivity contribution in [2.24, 2.45) is 7.05 Å². The first-order valence-corrected chi connectivity index (χ1v) is 4.61. The van der Waals surface area contributed by atoms with E-state index in [1.807, 2.05) is 0 Å². The third kappa shape index (κ3) is 2.66. The number of aromatic nitrogens is 2. The van der Waals surface area contributed by atoms with E-state index in [2.05, 4.69) is 17.0 Å². The number of ketones is 1. The van der Waals surface area contributed by atoms with E-state index in [0.717, 1.165) is 0 Å². The summed E-state index contributed by atoms with van der Waals surface area (Å²) in [6.07, 6.45) is 3.23. The summed E-state index contributed by atoms with van der Waals surface area (Å²) in [5, 5.41) is 6.90. The fourth-order valence-electron chi connectivity index (χ4n) is 1.26. The van der Waals surface area contributed by atoms with Crippen molar-refractivity contribution in [2.75, 3.05) is 20.2 Å². The molecule has 1 N–H and O–H groups in total. The highest BCUT2D eigenvalue weighted by Crippen LogP contribution is 2.16. The van der Waals surface area contributed by atoms with Crippen molar-refractivity contribution < 1.29 is 9.53 Å². The normalized spacial score (nSPS) is 10.0. The Morgan fingerprint density at radius 2 is 2.53 bits per heavy atom. The molecule has 1 aromatic rings. The van der Waals surface area contributed by atoms with Crippen molar-refractivity contribution in [3.63, 3.8) is 0 Å². The number of nitrogens with zero attached hydrogens (tertiary/aromatic N) is 2. The van der Waals surface area contributed by atoms with Gasteiger partial charge in [-0.15, -0.1) is 6.58 Å². The van der Waals surface area contributed by atoms with Crippen molar-refractivity contribution in [1.82, 2.24) is 15.1 Å². The van der Waals surface area contributed by atoms with Gasteiger partial charge in [-0.1, -0.05) is 6.08 Å². The second-order valence-electron chi connectivity index (χ2n) is 3.03. The van der Waals surface area contributed by atoms with E-state index in [0.29, 0.717) is 18.0 Å². The van der Waals surface area contributed by atoms with Gasteiger partial charge in [-0.3, -0.25) is 9.48 Å². The zero-order chi connectivity index (χ0) is 11.3. The van der Waals surface area contributed by atoms with Gasteiger partial charge in [-0.2, -0.15) is 5.10 Å². The molecule has 0 radical (unpaired) electrons. The minimum atomic E-state index is -0.0475. The molecular weight excluding hydrogens is 194 g/mol. The molecule has 0 aliphatic rings. The van der Waals surface area contributed by atoms with E-state index in [9.17, 15) is 4.79 Å². The molecule has 15 heavy (non-hydrogen) atoms. The second kappa shape index (κ2) is 5.31. The zero-order valence-electron chi connectivity index (χ0n) is 8.99. The Morgan fingerprint density at radius 3 is 3.13 bits per heavy atom. The van der Waals surface area contributed by atoms with E-state index < -0.39 is 0 Å². The highest BCUT2D eigenvalue weighted by molar-refractivity contribution is 5.98. The van der Waals surface area contributed by atoms with Crippen LogP contribution in [0.2, 0.25) is 0 Å². The maximum atomic E-state index is 11.7. The fourth-order valence-corrected chi connectivity index (χ4v) is 1.26. The Labute approximate surface area is 88.7 Å². The molecule has 0 amide bonds. The van der Waals surface area contributed by atoms with Crippen LogP contribution in [0.25, 0.3) is 0 Å². The lowest BCUT2D eigenvalue weighted by Crippen LogP contribution is -2.25. The topological polar surface area (TPSA) is 56.1 Å². The van der Waals surface area contributed by atoms with Gasteiger partial charge in [0.15, 0.2) is 11.5 Å². The van der Waals surface area contributed by atoms with Crippen molar-refractivity contribution in [3.8, 4) is 5.75 Å². The number of nitrogens with one attached hydrogen (secondary N) is 1. The predicted molar refractivity (Wildman–Crippen MR) is 57.2 cm³/mol. The Balaban J connectivity index is 2.71. The quantitative estimate of drug-likeness (QED) is 0.418. The smallest absolute Gasteiger partial charge is 0.198 e. The number of ether oxygens (including phenoxy) is 1. The first kappa shape index (κ1) is 11.5. The number of carbonyl (C=O) groups is 1. The van der Waals surface area contributed by atoms with Gasteiger partial charge in [-0.25, -0.2) is 0 Å². The maximum Gasteiger partial charge on any atom is 0.198 e. The van der Waals surface area contributed by atoms with Gasteiger partial charge >= 0.3 is 0 Å². The zero-order valence-corrected chi connectivity index (χ0v) is 8.99. The number of hydrogen-bond donors (Lipinski definition) is 1. The molecule has 0 aromatic carbocycles. The Bertz CT molecular complexity index is 358. The molecule has 0 saturated heterocycles. The van der Waals surface area contributed by atoms with Crippen LogP contribution >= 0.6 is 0 Å². The van der Waals surface area contributed by atoms with Crippen LogP contribution < -0.4 is 10.1 Å². The lowest BCUT2D eigenvalue weighted by atomic mass is 10.2. The average Bonchev–Trinajstić information content (AvgIpc) is 2.59. The number of methoxy groups -OCH3 is 1. The number of Topliss-reactive ketones (excluding diaryl/α,β-unsaturated/α-hetero) is 1. The standard InChI is InChI=1S/C10H15N3O2/c1-4-5-11-6-8(14)10-9(15-3)7-12-13(10)2/h4,7,11H,1,5-6H2,2-3H3. The van der Waals surface area contributed by atoms with Gasteiger partial charge in [0.2, 0.25) is 0 Å². The van der Waals surface area contributed by atoms with Crippen LogP contribution in [-0.2, 0) is 7.05 Å². The van der Waals surface area contributed by atoms with Gasteiger partial charge < -0.3 is 10.1 Å². The van der Waals surface area contributed by atoms with Crippen molar-refractivity contribution in [1.29, 1.82) is 0 Å². The van der Waals surface area contributed by atoms with Gasteiger partial charge in [0.05, 0.1) is 19.9 Å². The molecule has 82 valence electrons. The maximum absolute atomic E-state index is 11.7. The first-order valence-electron chi connectivity index (χ1n) is 4.61. The van der Waals surface area contributed by atoms with E-state index in [1.54, 1.807) is 13.1 Å². The van der Waals surface area contributed by atoms with Gasteiger partial charge in [0.25, 0.3) is 0 Å². The van der Waals surface area contributed by atoms with Crippen molar-refractivity contribution in [3.05, 3.63) is 24.5 Å². The minimum absolute atomic E-state index is 0.0475. The van der Waals surface area contributed by atoms with Crippen LogP contribution in [0, 0.1) is 0 Å². The predicted octanol–water partition coefficient (Wildman–Crippen LogP) is 0.387. The van der Waals surface area contributed by atoms with Crippen molar-refractivity contribution >= 4 is 5.78 Å². The number of rotatable bonds is 6. The molecule has 1 heterocycles. The molecule has 1 rings (SSSR count). The number of hydrogen-bond acceptors (Lipinski definition) is 4. The molecule has 0 saturated carbocycles. The molecule has 0 bridgehead atoms. The summed E-state index contributed by atoms with van der Waals surface area (Å²) in [6, 6.07) is 0. The van der Waals surface area contributed by atoms with Crippen LogP contribution in [0.1, 0.15) is 10.5 Å². The van der Waals surface area contributed by atoms with Crippen LogP contribution in [0.5, 0.6) is 5.75 Å². The van der Waals surface area contributed by atoms with Gasteiger partial charge in [-0.05, 0) is 0 Å². The summed E-state index contributed by atoms with van der Waals surface area (Å²) in [6.45, 7) is 4.41. The summed E-state index contributed by atoms with van der Waals surface area (Å²) in [5.74, 6) is 0.455. The summed E-state index contributed by atoms with van der Waals surface area (Å²) in [4.78, 5) is 11.7. The fraction of sp³-hybridized carbons (Fsp3) is 0.400. The third-order valence-electron chi connectivity index (χ3n) is 1.96. The monoisotopic (exact) mass is 209 g/mol. The number of carbonyl (C=O) groups excluding carboxylic acids is 1. The Kier molecular flexibility index (Phi) is 4.05. The van der Waals surface area contributed by atoms with Gasteiger partial charge in [0.1, 0.15) is 5.69 Å². The molecule has 0 atom stereocenters. The number of aryl methyl sites for hydroxylation is 1. The summed E-state index contributed by atoms with van der Waals surface area (Å²) in [7, 11) is 3.23. The SMILES string of the molecule is C=CCNCC(=O)c1c(OC)cnn1C. The third-order valence-corrected chi connectivity index (χ3v) is 1.96.